The Labute approximate surface area is 95.3 Å². The molecule has 2 aliphatic rings. The average Bonchev–Trinajstić information content (AvgIpc) is 3.02. The first-order valence-corrected chi connectivity index (χ1v) is 5.72. The average molecular weight is 220 g/mol. The number of hydrogen-bond acceptors (Lipinski definition) is 3. The molecule has 0 spiro atoms. The maximum Gasteiger partial charge on any atom is 0.184 e. The van der Waals surface area contributed by atoms with Crippen LogP contribution in [0.25, 0.3) is 0 Å². The Morgan fingerprint density at radius 1 is 1.31 bits per heavy atom. The Bertz CT molecular complexity index is 351. The zero-order valence-corrected chi connectivity index (χ0v) is 9.34. The van der Waals surface area contributed by atoms with Gasteiger partial charge < -0.3 is 14.2 Å². The zero-order valence-electron chi connectivity index (χ0n) is 9.34. The first-order valence-electron chi connectivity index (χ1n) is 5.72. The van der Waals surface area contributed by atoms with Gasteiger partial charge >= 0.3 is 0 Å². The molecule has 1 aliphatic carbocycles. The Kier molecular flexibility index (Phi) is 2.67. The molecule has 0 bridgehead atoms. The molecular formula is C13H16O3. The summed E-state index contributed by atoms with van der Waals surface area (Å²) in [6.07, 6.45) is 1.44. The Hall–Kier alpha value is -0.900. The van der Waals surface area contributed by atoms with E-state index in [9.17, 15) is 0 Å². The van der Waals surface area contributed by atoms with Crippen molar-refractivity contribution in [3.05, 3.63) is 35.9 Å². The number of benzene rings is 1. The molecule has 0 aromatic heterocycles. The van der Waals surface area contributed by atoms with E-state index in [0.717, 1.165) is 6.42 Å². The van der Waals surface area contributed by atoms with Gasteiger partial charge in [0.2, 0.25) is 0 Å². The molecule has 3 nitrogen and oxygen atoms in total. The van der Waals surface area contributed by atoms with Crippen molar-refractivity contribution in [1.29, 1.82) is 0 Å². The SMILES string of the molecule is CO[C@@H]1O[C@@H]2C[C@@H]2[C@H]1OCc1ccccc1. The summed E-state index contributed by atoms with van der Waals surface area (Å²) in [4.78, 5) is 0. The molecular weight excluding hydrogens is 204 g/mol. The summed E-state index contributed by atoms with van der Waals surface area (Å²) in [7, 11) is 1.67. The molecule has 0 amide bonds. The van der Waals surface area contributed by atoms with Gasteiger partial charge in [0.05, 0.1) is 12.7 Å². The van der Waals surface area contributed by atoms with Crippen molar-refractivity contribution in [2.24, 2.45) is 5.92 Å². The minimum Gasteiger partial charge on any atom is -0.368 e. The van der Waals surface area contributed by atoms with E-state index in [-0.39, 0.29) is 12.4 Å². The van der Waals surface area contributed by atoms with E-state index in [1.807, 2.05) is 18.2 Å². The smallest absolute Gasteiger partial charge is 0.184 e. The molecule has 1 saturated heterocycles. The van der Waals surface area contributed by atoms with E-state index in [4.69, 9.17) is 14.2 Å². The molecule has 1 aromatic rings. The van der Waals surface area contributed by atoms with Crippen molar-refractivity contribution in [3.63, 3.8) is 0 Å². The molecule has 1 heterocycles. The van der Waals surface area contributed by atoms with Crippen molar-refractivity contribution in [2.45, 2.75) is 31.5 Å². The van der Waals surface area contributed by atoms with Crippen molar-refractivity contribution >= 4 is 0 Å². The van der Waals surface area contributed by atoms with Crippen molar-refractivity contribution < 1.29 is 14.2 Å². The molecule has 0 N–H and O–H groups in total. The van der Waals surface area contributed by atoms with Gasteiger partial charge in [-0.2, -0.15) is 0 Å². The summed E-state index contributed by atoms with van der Waals surface area (Å²) in [5.74, 6) is 0.550. The maximum absolute atomic E-state index is 5.90. The predicted molar refractivity (Wildman–Crippen MR) is 58.8 cm³/mol. The molecule has 3 rings (SSSR count). The molecule has 16 heavy (non-hydrogen) atoms. The Morgan fingerprint density at radius 3 is 2.88 bits per heavy atom. The highest BCUT2D eigenvalue weighted by molar-refractivity contribution is 5.13. The second-order valence-corrected chi connectivity index (χ2v) is 4.44. The molecule has 4 atom stereocenters. The van der Waals surface area contributed by atoms with Crippen LogP contribution in [0.15, 0.2) is 30.3 Å². The molecule has 1 aromatic carbocycles. The summed E-state index contributed by atoms with van der Waals surface area (Å²) >= 11 is 0. The number of ether oxygens (including phenoxy) is 3. The van der Waals surface area contributed by atoms with Crippen molar-refractivity contribution in [2.75, 3.05) is 7.11 Å². The third kappa shape index (κ3) is 1.86. The summed E-state index contributed by atoms with van der Waals surface area (Å²) in [5, 5.41) is 0. The Balaban J connectivity index is 1.58. The second-order valence-electron chi connectivity index (χ2n) is 4.44. The van der Waals surface area contributed by atoms with E-state index in [1.165, 1.54) is 5.56 Å². The molecule has 1 saturated carbocycles. The van der Waals surface area contributed by atoms with Crippen LogP contribution >= 0.6 is 0 Å². The van der Waals surface area contributed by atoms with Crippen LogP contribution in [0.4, 0.5) is 0 Å². The molecule has 86 valence electrons. The minimum absolute atomic E-state index is 0.107. The van der Waals surface area contributed by atoms with Gasteiger partial charge in [-0.15, -0.1) is 0 Å². The lowest BCUT2D eigenvalue weighted by molar-refractivity contribution is -0.171. The van der Waals surface area contributed by atoms with E-state index in [2.05, 4.69) is 12.1 Å². The standard InChI is InChI=1S/C13H16O3/c1-14-13-12(10-7-11(10)16-13)15-8-9-5-3-2-4-6-9/h2-6,10-13H,7-8H2,1H3/t10-,11+,12+,13+/m0/s1. The topological polar surface area (TPSA) is 27.7 Å². The first-order chi connectivity index (χ1) is 7.88. The van der Waals surface area contributed by atoms with E-state index in [1.54, 1.807) is 7.11 Å². The van der Waals surface area contributed by atoms with Crippen LogP contribution in [0.3, 0.4) is 0 Å². The summed E-state index contributed by atoms with van der Waals surface area (Å²) in [5.41, 5.74) is 1.20. The summed E-state index contributed by atoms with van der Waals surface area (Å²) in [6.45, 7) is 0.637. The van der Waals surface area contributed by atoms with Crippen LogP contribution in [0.5, 0.6) is 0 Å². The zero-order chi connectivity index (χ0) is 11.0. The van der Waals surface area contributed by atoms with Crippen LogP contribution in [-0.4, -0.2) is 25.6 Å². The monoisotopic (exact) mass is 220 g/mol. The minimum atomic E-state index is -0.174. The van der Waals surface area contributed by atoms with Gasteiger partial charge in [0.1, 0.15) is 6.10 Å². The van der Waals surface area contributed by atoms with Crippen molar-refractivity contribution in [1.82, 2.24) is 0 Å². The molecule has 0 radical (unpaired) electrons. The Morgan fingerprint density at radius 2 is 2.12 bits per heavy atom. The largest absolute Gasteiger partial charge is 0.368 e. The first kappa shape index (κ1) is 10.3. The number of methoxy groups -OCH3 is 1. The van der Waals surface area contributed by atoms with E-state index < -0.39 is 0 Å². The predicted octanol–water partition coefficient (Wildman–Crippen LogP) is 1.96. The molecule has 3 heteroatoms. The lowest BCUT2D eigenvalue weighted by Crippen LogP contribution is -2.29. The maximum atomic E-state index is 5.90. The second kappa shape index (κ2) is 4.17. The van der Waals surface area contributed by atoms with Crippen molar-refractivity contribution in [3.8, 4) is 0 Å². The molecule has 1 aliphatic heterocycles. The van der Waals surface area contributed by atoms with Crippen LogP contribution in [0, 0.1) is 5.92 Å². The molecule has 0 unspecified atom stereocenters. The highest BCUT2D eigenvalue weighted by Crippen LogP contribution is 2.47. The third-order valence-electron chi connectivity index (χ3n) is 3.30. The van der Waals surface area contributed by atoms with Crippen LogP contribution in [0.1, 0.15) is 12.0 Å². The van der Waals surface area contributed by atoms with Crippen LogP contribution in [-0.2, 0) is 20.8 Å². The number of hydrogen-bond donors (Lipinski definition) is 0. The van der Waals surface area contributed by atoms with Gasteiger partial charge in [-0.3, -0.25) is 0 Å². The fourth-order valence-electron chi connectivity index (χ4n) is 2.30. The third-order valence-corrected chi connectivity index (χ3v) is 3.30. The van der Waals surface area contributed by atoms with Gasteiger partial charge in [-0.1, -0.05) is 30.3 Å². The highest BCUT2D eigenvalue weighted by Gasteiger charge is 2.56. The van der Waals surface area contributed by atoms with Crippen LogP contribution in [0.2, 0.25) is 0 Å². The van der Waals surface area contributed by atoms with Gasteiger partial charge in [0, 0.05) is 13.0 Å². The summed E-state index contributed by atoms with van der Waals surface area (Å²) in [6, 6.07) is 10.2. The number of rotatable bonds is 4. The van der Waals surface area contributed by atoms with Gasteiger partial charge in [-0.05, 0) is 12.0 Å². The number of fused-ring (bicyclic) bond motifs is 1. The fraction of sp³-hybridized carbons (Fsp3) is 0.538. The van der Waals surface area contributed by atoms with Gasteiger partial charge in [0.15, 0.2) is 6.29 Å². The quantitative estimate of drug-likeness (QED) is 0.776. The highest BCUT2D eigenvalue weighted by atomic mass is 16.7. The lowest BCUT2D eigenvalue weighted by Gasteiger charge is -2.20. The lowest BCUT2D eigenvalue weighted by atomic mass is 10.2. The van der Waals surface area contributed by atoms with Gasteiger partial charge in [0.25, 0.3) is 0 Å². The van der Waals surface area contributed by atoms with Crippen LogP contribution < -0.4 is 0 Å². The fourth-order valence-corrected chi connectivity index (χ4v) is 2.30. The van der Waals surface area contributed by atoms with E-state index in [0.29, 0.717) is 18.6 Å². The summed E-state index contributed by atoms with van der Waals surface area (Å²) < 4.78 is 16.8. The molecule has 2 fully saturated rings. The van der Waals surface area contributed by atoms with Gasteiger partial charge in [-0.25, -0.2) is 0 Å². The van der Waals surface area contributed by atoms with E-state index >= 15 is 0 Å². The normalized spacial score (nSPS) is 36.1.